The van der Waals surface area contributed by atoms with Crippen molar-refractivity contribution in [1.82, 2.24) is 19.9 Å². The summed E-state index contributed by atoms with van der Waals surface area (Å²) in [4.78, 5) is 13.8. The van der Waals surface area contributed by atoms with Crippen LogP contribution in [0.15, 0.2) is 0 Å². The molecule has 8 heteroatoms. The van der Waals surface area contributed by atoms with Crippen molar-refractivity contribution < 1.29 is 9.53 Å². The number of nitrogens with zero attached hydrogens (tertiary/aromatic N) is 4. The molecule has 2 rings (SSSR count). The predicted molar refractivity (Wildman–Crippen MR) is 86.7 cm³/mol. The van der Waals surface area contributed by atoms with E-state index in [-0.39, 0.29) is 12.1 Å². The van der Waals surface area contributed by atoms with Crippen molar-refractivity contribution in [3.05, 3.63) is 9.39 Å². The van der Waals surface area contributed by atoms with Gasteiger partial charge in [-0.05, 0) is 56.2 Å². The Morgan fingerprint density at radius 2 is 2.05 bits per heavy atom. The zero-order valence-electron chi connectivity index (χ0n) is 12.7. The molecule has 1 amide bonds. The van der Waals surface area contributed by atoms with Gasteiger partial charge in [-0.1, -0.05) is 5.21 Å². The number of aromatic nitrogens is 3. The molecule has 0 aliphatic carbocycles. The van der Waals surface area contributed by atoms with Gasteiger partial charge in [0.1, 0.15) is 15.0 Å². The topological polar surface area (TPSA) is 86.3 Å². The van der Waals surface area contributed by atoms with E-state index in [2.05, 4.69) is 32.9 Å². The molecule has 0 radical (unpaired) electrons. The highest BCUT2D eigenvalue weighted by Crippen LogP contribution is 2.25. The van der Waals surface area contributed by atoms with Gasteiger partial charge in [0.25, 0.3) is 0 Å². The van der Waals surface area contributed by atoms with Crippen molar-refractivity contribution in [3.63, 3.8) is 0 Å². The number of ether oxygens (including phenoxy) is 1. The van der Waals surface area contributed by atoms with Gasteiger partial charge in [0.15, 0.2) is 0 Å². The maximum Gasteiger partial charge on any atom is 0.410 e. The quantitative estimate of drug-likeness (QED) is 0.758. The number of hydrogen-bond donors (Lipinski definition) is 1. The van der Waals surface area contributed by atoms with E-state index in [1.54, 1.807) is 4.90 Å². The second-order valence-corrected chi connectivity index (χ2v) is 7.20. The summed E-state index contributed by atoms with van der Waals surface area (Å²) in [7, 11) is 0. The van der Waals surface area contributed by atoms with Gasteiger partial charge in [-0.2, -0.15) is 0 Å². The van der Waals surface area contributed by atoms with E-state index >= 15 is 0 Å². The highest BCUT2D eigenvalue weighted by atomic mass is 127. The molecule has 0 unspecified atom stereocenters. The average molecular weight is 407 g/mol. The fraction of sp³-hybridized carbons (Fsp3) is 0.769. The van der Waals surface area contributed by atoms with Crippen LogP contribution >= 0.6 is 22.6 Å². The smallest absolute Gasteiger partial charge is 0.410 e. The largest absolute Gasteiger partial charge is 0.444 e. The summed E-state index contributed by atoms with van der Waals surface area (Å²) >= 11 is 2.23. The zero-order valence-corrected chi connectivity index (χ0v) is 14.8. The van der Waals surface area contributed by atoms with Crippen LogP contribution in [0.1, 0.15) is 45.3 Å². The van der Waals surface area contributed by atoms with Crippen molar-refractivity contribution in [2.45, 2.75) is 51.8 Å². The summed E-state index contributed by atoms with van der Waals surface area (Å²) in [6.07, 6.45) is 1.46. The Hall–Kier alpha value is -0.900. The average Bonchev–Trinajstić information content (AvgIpc) is 2.78. The first-order chi connectivity index (χ1) is 9.81. The summed E-state index contributed by atoms with van der Waals surface area (Å²) in [6, 6.07) is 0.267. The van der Waals surface area contributed by atoms with Crippen molar-refractivity contribution >= 4 is 28.7 Å². The number of amides is 1. The van der Waals surface area contributed by atoms with E-state index in [0.717, 1.165) is 22.2 Å². The van der Waals surface area contributed by atoms with E-state index in [1.165, 1.54) is 0 Å². The molecule has 0 atom stereocenters. The molecule has 2 N–H and O–H groups in total. The molecular formula is C13H22IN5O2. The van der Waals surface area contributed by atoms with Crippen LogP contribution in [-0.2, 0) is 11.3 Å². The molecule has 118 valence electrons. The fourth-order valence-corrected chi connectivity index (χ4v) is 3.11. The van der Waals surface area contributed by atoms with Gasteiger partial charge in [0.2, 0.25) is 0 Å². The lowest BCUT2D eigenvalue weighted by atomic mass is 10.1. The van der Waals surface area contributed by atoms with Gasteiger partial charge in [-0.15, -0.1) is 5.10 Å². The summed E-state index contributed by atoms with van der Waals surface area (Å²) in [6.45, 7) is 7.38. The van der Waals surface area contributed by atoms with Crippen molar-refractivity contribution in [3.8, 4) is 0 Å². The van der Waals surface area contributed by atoms with E-state index in [1.807, 2.05) is 25.5 Å². The summed E-state index contributed by atoms with van der Waals surface area (Å²) in [5.74, 6) is 0. The maximum atomic E-state index is 12.0. The second kappa shape index (κ2) is 6.47. The molecule has 1 aromatic rings. The Labute approximate surface area is 138 Å². The van der Waals surface area contributed by atoms with E-state index in [9.17, 15) is 4.79 Å². The van der Waals surface area contributed by atoms with Gasteiger partial charge >= 0.3 is 6.09 Å². The van der Waals surface area contributed by atoms with Crippen LogP contribution in [0.4, 0.5) is 4.79 Å². The van der Waals surface area contributed by atoms with E-state index < -0.39 is 5.60 Å². The molecule has 1 aliphatic heterocycles. The highest BCUT2D eigenvalue weighted by Gasteiger charge is 2.29. The Kier molecular flexibility index (Phi) is 5.07. The molecule has 0 bridgehead atoms. The molecule has 1 saturated heterocycles. The van der Waals surface area contributed by atoms with Gasteiger partial charge < -0.3 is 15.4 Å². The second-order valence-electron chi connectivity index (χ2n) is 6.17. The van der Waals surface area contributed by atoms with Crippen LogP contribution in [0.2, 0.25) is 0 Å². The Morgan fingerprint density at radius 1 is 1.43 bits per heavy atom. The Bertz CT molecular complexity index is 503. The lowest BCUT2D eigenvalue weighted by Gasteiger charge is -2.33. The molecule has 1 aromatic heterocycles. The van der Waals surface area contributed by atoms with Crippen molar-refractivity contribution in [2.24, 2.45) is 5.73 Å². The van der Waals surface area contributed by atoms with Gasteiger partial charge in [-0.25, -0.2) is 9.48 Å². The number of hydrogen-bond acceptors (Lipinski definition) is 5. The third kappa shape index (κ3) is 4.06. The fourth-order valence-electron chi connectivity index (χ4n) is 2.29. The zero-order chi connectivity index (χ0) is 15.6. The normalized spacial score (nSPS) is 17.1. The van der Waals surface area contributed by atoms with Gasteiger partial charge in [0.05, 0.1) is 6.04 Å². The predicted octanol–water partition coefficient (Wildman–Crippen LogP) is 1.91. The number of carbonyl (C=O) groups is 1. The lowest BCUT2D eigenvalue weighted by molar-refractivity contribution is 0.0183. The molecule has 0 aromatic carbocycles. The van der Waals surface area contributed by atoms with Crippen LogP contribution in [0.3, 0.4) is 0 Å². The standard InChI is InChI=1S/C13H22IN5O2/c1-13(2,3)21-12(20)18-6-4-9(5-7-18)19-11(14)10(8-15)16-17-19/h9H,4-8,15H2,1-3H3. The van der Waals surface area contributed by atoms with Crippen LogP contribution < -0.4 is 5.73 Å². The van der Waals surface area contributed by atoms with Gasteiger partial charge in [-0.3, -0.25) is 0 Å². The molecule has 21 heavy (non-hydrogen) atoms. The number of rotatable bonds is 2. The molecule has 0 saturated carbocycles. The van der Waals surface area contributed by atoms with Crippen LogP contribution in [0, 0.1) is 3.70 Å². The minimum absolute atomic E-state index is 0.239. The maximum absolute atomic E-state index is 12.0. The minimum Gasteiger partial charge on any atom is -0.444 e. The van der Waals surface area contributed by atoms with Gasteiger partial charge in [0, 0.05) is 19.6 Å². The Morgan fingerprint density at radius 3 is 2.52 bits per heavy atom. The lowest BCUT2D eigenvalue weighted by Crippen LogP contribution is -2.42. The van der Waals surface area contributed by atoms with Crippen molar-refractivity contribution in [2.75, 3.05) is 13.1 Å². The highest BCUT2D eigenvalue weighted by molar-refractivity contribution is 14.1. The first-order valence-electron chi connectivity index (χ1n) is 7.09. The molecule has 2 heterocycles. The SMILES string of the molecule is CC(C)(C)OC(=O)N1CCC(n2nnc(CN)c2I)CC1. The molecular weight excluding hydrogens is 385 g/mol. The molecule has 1 fully saturated rings. The molecule has 7 nitrogen and oxygen atoms in total. The molecule has 0 spiro atoms. The summed E-state index contributed by atoms with van der Waals surface area (Å²) < 4.78 is 8.31. The number of nitrogens with two attached hydrogens (primary N) is 1. The van der Waals surface area contributed by atoms with E-state index in [0.29, 0.717) is 19.6 Å². The molecule has 1 aliphatic rings. The van der Waals surface area contributed by atoms with Crippen LogP contribution in [0.5, 0.6) is 0 Å². The first-order valence-corrected chi connectivity index (χ1v) is 8.17. The van der Waals surface area contributed by atoms with Crippen LogP contribution in [0.25, 0.3) is 0 Å². The third-order valence-electron chi connectivity index (χ3n) is 3.36. The number of piperidine rings is 1. The number of halogens is 1. The minimum atomic E-state index is -0.453. The number of carbonyl (C=O) groups excluding carboxylic acids is 1. The van der Waals surface area contributed by atoms with Crippen molar-refractivity contribution in [1.29, 1.82) is 0 Å². The first kappa shape index (κ1) is 16.5. The third-order valence-corrected chi connectivity index (χ3v) is 4.47. The summed E-state index contributed by atoms with van der Waals surface area (Å²) in [5.41, 5.74) is 6.00. The van der Waals surface area contributed by atoms with Crippen LogP contribution in [-0.4, -0.2) is 44.7 Å². The summed E-state index contributed by atoms with van der Waals surface area (Å²) in [5, 5.41) is 8.27. The Balaban J connectivity index is 1.94. The number of likely N-dealkylation sites (tertiary alicyclic amines) is 1. The van der Waals surface area contributed by atoms with E-state index in [4.69, 9.17) is 10.5 Å². The monoisotopic (exact) mass is 407 g/mol.